The summed E-state index contributed by atoms with van der Waals surface area (Å²) in [4.78, 5) is 7.97. The molecular formula is C17H14F5N3O3S. The minimum absolute atomic E-state index is 0.0349. The number of para-hydroxylation sites is 2. The van der Waals surface area contributed by atoms with E-state index in [0.717, 1.165) is 16.2 Å². The highest BCUT2D eigenvalue weighted by molar-refractivity contribution is 7.90. The molecule has 0 aliphatic heterocycles. The van der Waals surface area contributed by atoms with E-state index in [1.165, 1.54) is 13.0 Å². The molecule has 3 aromatic rings. The Morgan fingerprint density at radius 3 is 2.34 bits per heavy atom. The molecule has 0 atom stereocenters. The van der Waals surface area contributed by atoms with Crippen LogP contribution in [0.3, 0.4) is 0 Å². The van der Waals surface area contributed by atoms with Gasteiger partial charge in [0.2, 0.25) is 15.9 Å². The predicted octanol–water partition coefficient (Wildman–Crippen LogP) is 3.87. The predicted molar refractivity (Wildman–Crippen MR) is 94.3 cm³/mol. The van der Waals surface area contributed by atoms with Gasteiger partial charge < -0.3 is 4.74 Å². The number of aromatic nitrogens is 3. The van der Waals surface area contributed by atoms with Gasteiger partial charge in [-0.2, -0.15) is 22.0 Å². The second kappa shape index (κ2) is 7.25. The summed E-state index contributed by atoms with van der Waals surface area (Å²) in [5, 5.41) is 0. The number of imidazole rings is 1. The van der Waals surface area contributed by atoms with Crippen molar-refractivity contribution in [2.45, 2.75) is 19.0 Å². The number of nitrogens with zero attached hydrogens (tertiary/aromatic N) is 3. The van der Waals surface area contributed by atoms with Crippen LogP contribution >= 0.6 is 0 Å². The van der Waals surface area contributed by atoms with Crippen molar-refractivity contribution in [2.24, 2.45) is 0 Å². The molecule has 29 heavy (non-hydrogen) atoms. The molecule has 0 saturated carbocycles. The average molecular weight is 435 g/mol. The Hall–Kier alpha value is -2.76. The molecule has 3 rings (SSSR count). The van der Waals surface area contributed by atoms with Gasteiger partial charge in [0.05, 0.1) is 16.8 Å². The Bertz CT molecular complexity index is 1130. The van der Waals surface area contributed by atoms with Crippen molar-refractivity contribution >= 4 is 21.1 Å². The first kappa shape index (κ1) is 21.0. The highest BCUT2D eigenvalue weighted by atomic mass is 32.2. The smallest absolute Gasteiger partial charge is 0.456 e. The van der Waals surface area contributed by atoms with E-state index < -0.39 is 34.6 Å². The normalized spacial score (nSPS) is 13.0. The monoisotopic (exact) mass is 435 g/mol. The van der Waals surface area contributed by atoms with Crippen molar-refractivity contribution in [2.75, 3.05) is 12.4 Å². The fourth-order valence-electron chi connectivity index (χ4n) is 2.44. The molecule has 0 N–H and O–H groups in total. The van der Waals surface area contributed by atoms with Crippen LogP contribution in [0.25, 0.3) is 22.4 Å². The molecule has 0 aliphatic rings. The lowest BCUT2D eigenvalue weighted by Gasteiger charge is -2.19. The lowest BCUT2D eigenvalue weighted by Crippen LogP contribution is -2.41. The first-order valence-corrected chi connectivity index (χ1v) is 9.82. The number of hydrogen-bond donors (Lipinski definition) is 0. The van der Waals surface area contributed by atoms with Crippen molar-refractivity contribution in [1.82, 2.24) is 13.9 Å². The van der Waals surface area contributed by atoms with Crippen LogP contribution in [0.4, 0.5) is 22.0 Å². The Morgan fingerprint density at radius 2 is 1.76 bits per heavy atom. The largest absolute Gasteiger partial charge is 0.471 e. The molecule has 0 radical (unpaired) electrons. The lowest BCUT2D eigenvalue weighted by molar-refractivity contribution is -0.290. The van der Waals surface area contributed by atoms with E-state index in [1.54, 1.807) is 24.3 Å². The average Bonchev–Trinajstić information content (AvgIpc) is 3.06. The maximum absolute atomic E-state index is 12.9. The molecule has 156 valence electrons. The topological polar surface area (TPSA) is 74.1 Å². The highest BCUT2D eigenvalue weighted by Crippen LogP contribution is 2.35. The number of fused-ring (bicyclic) bond motifs is 1. The number of hydrogen-bond acceptors (Lipinski definition) is 5. The Labute approximate surface area is 162 Å². The minimum atomic E-state index is -5.74. The summed E-state index contributed by atoms with van der Waals surface area (Å²) >= 11 is 0. The zero-order chi connectivity index (χ0) is 21.4. The van der Waals surface area contributed by atoms with Crippen molar-refractivity contribution in [3.63, 3.8) is 0 Å². The molecule has 6 nitrogen and oxygen atoms in total. The van der Waals surface area contributed by atoms with Crippen LogP contribution in [0, 0.1) is 0 Å². The molecule has 0 bridgehead atoms. The molecule has 0 unspecified atom stereocenters. The van der Waals surface area contributed by atoms with Gasteiger partial charge in [-0.3, -0.25) is 0 Å². The van der Waals surface area contributed by atoms with Gasteiger partial charge in [-0.15, -0.1) is 0 Å². The van der Waals surface area contributed by atoms with Gasteiger partial charge in [-0.1, -0.05) is 12.1 Å². The van der Waals surface area contributed by atoms with E-state index in [2.05, 4.69) is 14.7 Å². The second-order valence-corrected chi connectivity index (χ2v) is 8.07. The van der Waals surface area contributed by atoms with E-state index in [4.69, 9.17) is 0 Å². The minimum Gasteiger partial charge on any atom is -0.471 e. The Balaban J connectivity index is 1.95. The van der Waals surface area contributed by atoms with Crippen LogP contribution < -0.4 is 4.74 Å². The second-order valence-electron chi connectivity index (χ2n) is 5.97. The summed E-state index contributed by atoms with van der Waals surface area (Å²) in [6.07, 6.45) is -4.66. The van der Waals surface area contributed by atoms with Crippen LogP contribution in [0.2, 0.25) is 0 Å². The van der Waals surface area contributed by atoms with E-state index >= 15 is 0 Å². The number of alkyl halides is 5. The van der Waals surface area contributed by atoms with Gasteiger partial charge in [0, 0.05) is 17.8 Å². The van der Waals surface area contributed by atoms with Crippen LogP contribution in [-0.2, 0) is 10.0 Å². The molecule has 0 spiro atoms. The molecule has 0 amide bonds. The lowest BCUT2D eigenvalue weighted by atomic mass is 10.3. The fourth-order valence-corrected chi connectivity index (χ4v) is 3.56. The Kier molecular flexibility index (Phi) is 5.24. The summed E-state index contributed by atoms with van der Waals surface area (Å²) in [5.41, 5.74) is 0.965. The molecule has 0 fully saturated rings. The third-order valence-electron chi connectivity index (χ3n) is 3.97. The summed E-state index contributed by atoms with van der Waals surface area (Å²) in [6.45, 7) is -0.463. The number of benzene rings is 1. The third-order valence-corrected chi connectivity index (χ3v) is 5.63. The number of ether oxygens (including phenoxy) is 1. The zero-order valence-electron chi connectivity index (χ0n) is 14.8. The van der Waals surface area contributed by atoms with E-state index in [-0.39, 0.29) is 17.1 Å². The highest BCUT2D eigenvalue weighted by Gasteiger charge is 2.58. The quantitative estimate of drug-likeness (QED) is 0.550. The summed E-state index contributed by atoms with van der Waals surface area (Å²) in [6, 6.07) is 8.85. The standard InChI is InChI=1S/C17H14F5N3O3S/c1-2-29(26,27)25-13-6-4-3-5-12(13)24-15(25)11-7-8-14(23-9-11)28-10-16(18,19)17(20,21)22/h3-9H,2,10H2,1H3. The van der Waals surface area contributed by atoms with Crippen LogP contribution in [0.5, 0.6) is 5.88 Å². The van der Waals surface area contributed by atoms with E-state index in [0.29, 0.717) is 11.0 Å². The van der Waals surface area contributed by atoms with E-state index in [1.807, 2.05) is 0 Å². The number of halogens is 5. The summed E-state index contributed by atoms with van der Waals surface area (Å²) < 4.78 is 93.0. The van der Waals surface area contributed by atoms with Crippen LogP contribution in [-0.4, -0.2) is 46.8 Å². The first-order valence-electron chi connectivity index (χ1n) is 8.21. The van der Waals surface area contributed by atoms with Crippen LogP contribution in [0.15, 0.2) is 42.6 Å². The zero-order valence-corrected chi connectivity index (χ0v) is 15.6. The van der Waals surface area contributed by atoms with Crippen molar-refractivity contribution in [3.8, 4) is 17.3 Å². The molecule has 1 aromatic carbocycles. The third kappa shape index (κ3) is 4.02. The number of pyridine rings is 1. The van der Waals surface area contributed by atoms with Crippen molar-refractivity contribution < 1.29 is 35.1 Å². The Morgan fingerprint density at radius 1 is 1.07 bits per heavy atom. The number of rotatable bonds is 6. The van der Waals surface area contributed by atoms with E-state index in [9.17, 15) is 30.4 Å². The summed E-state index contributed by atoms with van der Waals surface area (Å²) in [7, 11) is -3.75. The van der Waals surface area contributed by atoms with Crippen LogP contribution in [0.1, 0.15) is 6.92 Å². The van der Waals surface area contributed by atoms with Gasteiger partial charge in [0.15, 0.2) is 12.4 Å². The van der Waals surface area contributed by atoms with Crippen molar-refractivity contribution in [3.05, 3.63) is 42.6 Å². The maximum atomic E-state index is 12.9. The van der Waals surface area contributed by atoms with Gasteiger partial charge in [0.1, 0.15) is 0 Å². The first-order chi connectivity index (χ1) is 13.5. The maximum Gasteiger partial charge on any atom is 0.456 e. The van der Waals surface area contributed by atoms with Gasteiger partial charge in [-0.25, -0.2) is 22.4 Å². The van der Waals surface area contributed by atoms with Gasteiger partial charge in [0.25, 0.3) is 0 Å². The molecule has 0 aliphatic carbocycles. The molecule has 2 aromatic heterocycles. The summed E-state index contributed by atoms with van der Waals surface area (Å²) in [5.74, 6) is -5.68. The molecule has 2 heterocycles. The van der Waals surface area contributed by atoms with Gasteiger partial charge in [-0.05, 0) is 25.1 Å². The SMILES string of the molecule is CCS(=O)(=O)n1c(-c2ccc(OCC(F)(F)C(F)(F)F)nc2)nc2ccccc21. The fraction of sp³-hybridized carbons (Fsp3) is 0.294. The molecule has 0 saturated heterocycles. The molecule has 12 heteroatoms. The molecular weight excluding hydrogens is 421 g/mol. The van der Waals surface area contributed by atoms with Gasteiger partial charge >= 0.3 is 12.1 Å². The van der Waals surface area contributed by atoms with Crippen molar-refractivity contribution in [1.29, 1.82) is 0 Å².